The molecule has 1 atom stereocenters. The zero-order valence-electron chi connectivity index (χ0n) is 15.8. The first-order valence-corrected chi connectivity index (χ1v) is 9.97. The molecule has 0 aliphatic carbocycles. The molecule has 5 heteroatoms. The molecule has 1 aliphatic rings. The number of aryl methyl sites for hydroxylation is 1. The Hall–Kier alpha value is -3.11. The second-order valence-electron chi connectivity index (χ2n) is 7.10. The van der Waals surface area contributed by atoms with E-state index < -0.39 is 0 Å². The number of nitrogens with zero attached hydrogens (tertiary/aromatic N) is 1. The fourth-order valence-corrected chi connectivity index (χ4v) is 3.92. The Morgan fingerprint density at radius 3 is 2.41 bits per heavy atom. The molecule has 4 nitrogen and oxygen atoms in total. The smallest absolute Gasteiger partial charge is 0.244 e. The van der Waals surface area contributed by atoms with Gasteiger partial charge in [-0.1, -0.05) is 72.3 Å². The summed E-state index contributed by atoms with van der Waals surface area (Å²) in [6, 6.07) is 24.6. The lowest BCUT2D eigenvalue weighted by Crippen LogP contribution is -2.39. The standard InChI is InChI=1S/C24H21ClN2O2/c25-19-12-13-21-20(15-19)24(18-9-5-2-6-10-18)27(16-22(28)26-21)23(29)14-11-17-7-3-1-4-8-17/h1-10,12-13,15,24H,11,14,16H2,(H,26,28). The summed E-state index contributed by atoms with van der Waals surface area (Å²) in [6.07, 6.45) is 0.957. The van der Waals surface area contributed by atoms with E-state index in [4.69, 9.17) is 11.6 Å². The number of amides is 2. The minimum atomic E-state index is -0.382. The van der Waals surface area contributed by atoms with Crippen LogP contribution in [-0.4, -0.2) is 23.3 Å². The van der Waals surface area contributed by atoms with E-state index in [-0.39, 0.29) is 24.4 Å². The van der Waals surface area contributed by atoms with Crippen molar-refractivity contribution in [3.63, 3.8) is 0 Å². The molecule has 0 aromatic heterocycles. The summed E-state index contributed by atoms with van der Waals surface area (Å²) in [5.41, 5.74) is 3.55. The van der Waals surface area contributed by atoms with Crippen LogP contribution in [0.25, 0.3) is 0 Å². The van der Waals surface area contributed by atoms with Crippen molar-refractivity contribution in [1.29, 1.82) is 0 Å². The number of hydrogen-bond donors (Lipinski definition) is 1. The summed E-state index contributed by atoms with van der Waals surface area (Å²) in [7, 11) is 0. The van der Waals surface area contributed by atoms with Crippen molar-refractivity contribution in [2.24, 2.45) is 0 Å². The van der Waals surface area contributed by atoms with Gasteiger partial charge >= 0.3 is 0 Å². The molecule has 2 amide bonds. The average Bonchev–Trinajstić information content (AvgIpc) is 2.89. The van der Waals surface area contributed by atoms with Crippen molar-refractivity contribution in [2.75, 3.05) is 11.9 Å². The number of halogens is 1. The van der Waals surface area contributed by atoms with E-state index >= 15 is 0 Å². The summed E-state index contributed by atoms with van der Waals surface area (Å²) >= 11 is 6.27. The van der Waals surface area contributed by atoms with Crippen LogP contribution in [0.2, 0.25) is 5.02 Å². The normalized spacial score (nSPS) is 16.0. The van der Waals surface area contributed by atoms with E-state index in [2.05, 4.69) is 5.32 Å². The first-order valence-electron chi connectivity index (χ1n) is 9.59. The Balaban J connectivity index is 1.71. The summed E-state index contributed by atoms with van der Waals surface area (Å²) in [5, 5.41) is 3.48. The van der Waals surface area contributed by atoms with Gasteiger partial charge in [-0.15, -0.1) is 0 Å². The number of carbonyl (C=O) groups excluding carboxylic acids is 2. The maximum Gasteiger partial charge on any atom is 0.244 e. The number of anilines is 1. The van der Waals surface area contributed by atoms with Crippen LogP contribution < -0.4 is 5.32 Å². The molecule has 1 aliphatic heterocycles. The van der Waals surface area contributed by atoms with Crippen molar-refractivity contribution in [1.82, 2.24) is 4.90 Å². The van der Waals surface area contributed by atoms with E-state index in [1.54, 1.807) is 17.0 Å². The number of nitrogens with one attached hydrogen (secondary N) is 1. The predicted octanol–water partition coefficient (Wildman–Crippen LogP) is 4.84. The Morgan fingerprint density at radius 2 is 1.69 bits per heavy atom. The fourth-order valence-electron chi connectivity index (χ4n) is 3.74. The highest BCUT2D eigenvalue weighted by atomic mass is 35.5. The Morgan fingerprint density at radius 1 is 1.00 bits per heavy atom. The van der Waals surface area contributed by atoms with Crippen LogP contribution >= 0.6 is 11.6 Å². The van der Waals surface area contributed by atoms with Crippen molar-refractivity contribution < 1.29 is 9.59 Å². The molecule has 3 aromatic rings. The van der Waals surface area contributed by atoms with E-state index in [0.29, 0.717) is 23.6 Å². The maximum absolute atomic E-state index is 13.3. The number of hydrogen-bond acceptors (Lipinski definition) is 2. The molecule has 1 heterocycles. The van der Waals surface area contributed by atoms with E-state index in [1.165, 1.54) is 0 Å². The molecular formula is C24H21ClN2O2. The number of fused-ring (bicyclic) bond motifs is 1. The lowest BCUT2D eigenvalue weighted by molar-refractivity contribution is -0.136. The number of carbonyl (C=O) groups is 2. The van der Waals surface area contributed by atoms with Crippen molar-refractivity contribution in [2.45, 2.75) is 18.9 Å². The van der Waals surface area contributed by atoms with Crippen LogP contribution in [0, 0.1) is 0 Å². The van der Waals surface area contributed by atoms with Crippen LogP contribution in [0.1, 0.15) is 29.2 Å². The second-order valence-corrected chi connectivity index (χ2v) is 7.54. The highest BCUT2D eigenvalue weighted by Crippen LogP contribution is 2.37. The van der Waals surface area contributed by atoms with Gasteiger partial charge in [0.05, 0.1) is 6.04 Å². The molecule has 1 N–H and O–H groups in total. The number of rotatable bonds is 4. The Bertz CT molecular complexity index is 1020. The minimum absolute atomic E-state index is 0.000513. The summed E-state index contributed by atoms with van der Waals surface area (Å²) < 4.78 is 0. The molecule has 0 saturated heterocycles. The van der Waals surface area contributed by atoms with Gasteiger partial charge in [0.2, 0.25) is 11.8 Å². The van der Waals surface area contributed by atoms with E-state index in [0.717, 1.165) is 16.7 Å². The monoisotopic (exact) mass is 404 g/mol. The molecule has 0 bridgehead atoms. The average molecular weight is 405 g/mol. The Kier molecular flexibility index (Phi) is 5.63. The van der Waals surface area contributed by atoms with Crippen LogP contribution in [0.15, 0.2) is 78.9 Å². The van der Waals surface area contributed by atoms with Gasteiger partial charge in [0, 0.05) is 22.7 Å². The van der Waals surface area contributed by atoms with Gasteiger partial charge < -0.3 is 10.2 Å². The van der Waals surface area contributed by atoms with E-state index in [1.807, 2.05) is 66.7 Å². The first-order chi connectivity index (χ1) is 14.1. The fraction of sp³-hybridized carbons (Fsp3) is 0.167. The third-order valence-corrected chi connectivity index (χ3v) is 5.35. The summed E-state index contributed by atoms with van der Waals surface area (Å²) in [4.78, 5) is 27.5. The number of benzene rings is 3. The summed E-state index contributed by atoms with van der Waals surface area (Å²) in [5.74, 6) is -0.272. The molecule has 0 spiro atoms. The molecule has 4 rings (SSSR count). The van der Waals surface area contributed by atoms with Crippen LogP contribution in [-0.2, 0) is 16.0 Å². The van der Waals surface area contributed by atoms with Crippen molar-refractivity contribution in [3.05, 3.63) is 101 Å². The zero-order chi connectivity index (χ0) is 20.2. The second kappa shape index (κ2) is 8.50. The third kappa shape index (κ3) is 4.33. The van der Waals surface area contributed by atoms with Crippen molar-refractivity contribution in [3.8, 4) is 0 Å². The molecular weight excluding hydrogens is 384 g/mol. The molecule has 29 heavy (non-hydrogen) atoms. The quantitative estimate of drug-likeness (QED) is 0.676. The van der Waals surface area contributed by atoms with Crippen LogP contribution in [0.4, 0.5) is 5.69 Å². The van der Waals surface area contributed by atoms with Gasteiger partial charge in [0.15, 0.2) is 0 Å². The molecule has 0 radical (unpaired) electrons. The lowest BCUT2D eigenvalue weighted by Gasteiger charge is -2.30. The maximum atomic E-state index is 13.3. The van der Waals surface area contributed by atoms with Gasteiger partial charge in [-0.2, -0.15) is 0 Å². The topological polar surface area (TPSA) is 49.4 Å². The first kappa shape index (κ1) is 19.2. The third-order valence-electron chi connectivity index (χ3n) is 5.11. The van der Waals surface area contributed by atoms with Crippen LogP contribution in [0.5, 0.6) is 0 Å². The highest BCUT2D eigenvalue weighted by Gasteiger charge is 2.33. The molecule has 1 unspecified atom stereocenters. The molecule has 0 fully saturated rings. The molecule has 146 valence electrons. The van der Waals surface area contributed by atoms with Crippen LogP contribution in [0.3, 0.4) is 0 Å². The van der Waals surface area contributed by atoms with Gasteiger partial charge in [-0.25, -0.2) is 0 Å². The van der Waals surface area contributed by atoms with E-state index in [9.17, 15) is 9.59 Å². The summed E-state index contributed by atoms with van der Waals surface area (Å²) in [6.45, 7) is -0.000513. The van der Waals surface area contributed by atoms with Gasteiger partial charge in [-0.05, 0) is 35.7 Å². The van der Waals surface area contributed by atoms with Gasteiger partial charge in [0.1, 0.15) is 6.54 Å². The predicted molar refractivity (Wildman–Crippen MR) is 115 cm³/mol. The van der Waals surface area contributed by atoms with Gasteiger partial charge in [-0.3, -0.25) is 9.59 Å². The molecule has 0 saturated carbocycles. The zero-order valence-corrected chi connectivity index (χ0v) is 16.6. The van der Waals surface area contributed by atoms with Gasteiger partial charge in [0.25, 0.3) is 0 Å². The highest BCUT2D eigenvalue weighted by molar-refractivity contribution is 6.30. The SMILES string of the molecule is O=C1CN(C(=O)CCc2ccccc2)C(c2ccccc2)c2cc(Cl)ccc2N1. The minimum Gasteiger partial charge on any atom is -0.324 e. The lowest BCUT2D eigenvalue weighted by atomic mass is 9.95. The van der Waals surface area contributed by atoms with Crippen molar-refractivity contribution >= 4 is 29.1 Å². The Labute approximate surface area is 175 Å². The largest absolute Gasteiger partial charge is 0.324 e. The molecule has 3 aromatic carbocycles.